The van der Waals surface area contributed by atoms with Crippen LogP contribution in [-0.2, 0) is 6.54 Å². The van der Waals surface area contributed by atoms with Crippen LogP contribution in [0.3, 0.4) is 0 Å². The second kappa shape index (κ2) is 7.79. The van der Waals surface area contributed by atoms with Gasteiger partial charge in [-0.15, -0.1) is 11.3 Å². The van der Waals surface area contributed by atoms with Gasteiger partial charge in [0.05, 0.1) is 28.0 Å². The monoisotopic (exact) mass is 363 g/mol. The van der Waals surface area contributed by atoms with E-state index in [2.05, 4.69) is 22.1 Å². The zero-order valence-electron chi connectivity index (χ0n) is 14.5. The molecule has 0 saturated carbocycles. The number of amides is 1. The highest BCUT2D eigenvalue weighted by molar-refractivity contribution is 7.16. The van der Waals surface area contributed by atoms with Crippen LogP contribution in [0.15, 0.2) is 60.3 Å². The molecule has 2 aromatic heterocycles. The molecule has 0 N–H and O–H groups in total. The summed E-state index contributed by atoms with van der Waals surface area (Å²) in [6.07, 6.45) is 9.53. The van der Waals surface area contributed by atoms with Gasteiger partial charge in [-0.1, -0.05) is 18.2 Å². The summed E-state index contributed by atoms with van der Waals surface area (Å²) in [6.45, 7) is 1.31. The third kappa shape index (κ3) is 3.83. The summed E-state index contributed by atoms with van der Waals surface area (Å²) in [6, 6.07) is 11.6. The van der Waals surface area contributed by atoms with Crippen LogP contribution in [0.5, 0.6) is 0 Å². The van der Waals surface area contributed by atoms with Crippen LogP contribution < -0.4 is 0 Å². The maximum absolute atomic E-state index is 13.3. The van der Waals surface area contributed by atoms with Gasteiger partial charge in [-0.2, -0.15) is 0 Å². The summed E-state index contributed by atoms with van der Waals surface area (Å²) < 4.78 is 1.05. The van der Waals surface area contributed by atoms with Crippen LogP contribution in [0, 0.1) is 5.92 Å². The molecule has 0 fully saturated rings. The van der Waals surface area contributed by atoms with E-state index in [1.54, 1.807) is 17.5 Å². The highest BCUT2D eigenvalue weighted by atomic mass is 32.1. The predicted molar refractivity (Wildman–Crippen MR) is 105 cm³/mol. The number of hydrogen-bond acceptors (Lipinski definition) is 4. The molecule has 0 aliphatic heterocycles. The normalized spacial score (nSPS) is 16.7. The smallest absolute Gasteiger partial charge is 0.254 e. The predicted octanol–water partition coefficient (Wildman–Crippen LogP) is 4.69. The average molecular weight is 363 g/mol. The maximum Gasteiger partial charge on any atom is 0.254 e. The molecular formula is C21H21N3OS. The van der Waals surface area contributed by atoms with Gasteiger partial charge in [0, 0.05) is 18.3 Å². The quantitative estimate of drug-likeness (QED) is 0.618. The molecule has 1 aromatic carbocycles. The lowest BCUT2D eigenvalue weighted by molar-refractivity contribution is 0.0708. The Labute approximate surface area is 157 Å². The number of nitrogens with zero attached hydrogens (tertiary/aromatic N) is 3. The number of thiazole rings is 1. The molecule has 5 heteroatoms. The minimum absolute atomic E-state index is 0.0699. The van der Waals surface area contributed by atoms with Gasteiger partial charge in [0.15, 0.2) is 0 Å². The van der Waals surface area contributed by atoms with Gasteiger partial charge < -0.3 is 4.90 Å². The largest absolute Gasteiger partial charge is 0.332 e. The standard InChI is InChI=1S/C21H21N3OS/c25-21(17-9-10-19-20(12-17)26-15-23-19)24(13-16-6-2-1-3-7-16)14-18-8-4-5-11-22-18/h1-2,4-5,8-12,15-16H,3,6-7,13-14H2/t16-/m0/s1. The Morgan fingerprint density at radius 1 is 1.19 bits per heavy atom. The summed E-state index contributed by atoms with van der Waals surface area (Å²) in [5.41, 5.74) is 4.41. The van der Waals surface area contributed by atoms with Gasteiger partial charge in [-0.25, -0.2) is 4.98 Å². The van der Waals surface area contributed by atoms with Gasteiger partial charge in [0.2, 0.25) is 0 Å². The lowest BCUT2D eigenvalue weighted by atomic mass is 9.93. The molecule has 1 aliphatic rings. The van der Waals surface area contributed by atoms with Gasteiger partial charge in [-0.3, -0.25) is 9.78 Å². The van der Waals surface area contributed by atoms with Crippen molar-refractivity contribution in [2.75, 3.05) is 6.54 Å². The van der Waals surface area contributed by atoms with Crippen molar-refractivity contribution in [1.82, 2.24) is 14.9 Å². The summed E-state index contributed by atoms with van der Waals surface area (Å²) in [7, 11) is 0. The van der Waals surface area contributed by atoms with Crippen LogP contribution in [0.2, 0.25) is 0 Å². The lowest BCUT2D eigenvalue weighted by Crippen LogP contribution is -2.35. The fraction of sp³-hybridized carbons (Fsp3) is 0.286. The number of pyridine rings is 1. The van der Waals surface area contributed by atoms with E-state index in [0.717, 1.165) is 47.3 Å². The van der Waals surface area contributed by atoms with Gasteiger partial charge in [0.25, 0.3) is 5.91 Å². The molecule has 0 radical (unpaired) electrons. The molecule has 4 nitrogen and oxygen atoms in total. The number of fused-ring (bicyclic) bond motifs is 1. The van der Waals surface area contributed by atoms with Crippen molar-refractivity contribution >= 4 is 27.5 Å². The van der Waals surface area contributed by atoms with Crippen molar-refractivity contribution in [2.24, 2.45) is 5.92 Å². The van der Waals surface area contributed by atoms with Crippen molar-refractivity contribution in [2.45, 2.75) is 25.8 Å². The number of carbonyl (C=O) groups is 1. The van der Waals surface area contributed by atoms with E-state index in [1.807, 2.05) is 46.8 Å². The Hall–Kier alpha value is -2.53. The molecule has 3 aromatic rings. The first-order valence-electron chi connectivity index (χ1n) is 8.97. The van der Waals surface area contributed by atoms with E-state index < -0.39 is 0 Å². The fourth-order valence-corrected chi connectivity index (χ4v) is 4.13. The van der Waals surface area contributed by atoms with E-state index in [0.29, 0.717) is 12.5 Å². The van der Waals surface area contributed by atoms with E-state index >= 15 is 0 Å². The molecule has 132 valence electrons. The van der Waals surface area contributed by atoms with Crippen molar-refractivity contribution < 1.29 is 4.79 Å². The van der Waals surface area contributed by atoms with E-state index in [9.17, 15) is 4.79 Å². The Morgan fingerprint density at radius 2 is 2.15 bits per heavy atom. The van der Waals surface area contributed by atoms with Gasteiger partial charge in [0.1, 0.15) is 0 Å². The first kappa shape index (κ1) is 16.9. The summed E-state index contributed by atoms with van der Waals surface area (Å²) in [4.78, 5) is 23.9. The Balaban J connectivity index is 1.59. The van der Waals surface area contributed by atoms with Gasteiger partial charge in [-0.05, 0) is 55.5 Å². The SMILES string of the molecule is O=C(c1ccc2ncsc2c1)N(Cc1ccccn1)C[C@H]1CC=CCC1. The van der Waals surface area contributed by atoms with Crippen LogP contribution in [-0.4, -0.2) is 27.3 Å². The molecule has 0 saturated heterocycles. The molecule has 26 heavy (non-hydrogen) atoms. The van der Waals surface area contributed by atoms with Crippen LogP contribution >= 0.6 is 11.3 Å². The van der Waals surface area contributed by atoms with Crippen LogP contribution in [0.1, 0.15) is 35.3 Å². The second-order valence-electron chi connectivity index (χ2n) is 6.69. The second-order valence-corrected chi connectivity index (χ2v) is 7.58. The topological polar surface area (TPSA) is 46.1 Å². The molecule has 4 rings (SSSR count). The third-order valence-electron chi connectivity index (χ3n) is 4.80. The van der Waals surface area contributed by atoms with Crippen molar-refractivity contribution in [3.8, 4) is 0 Å². The number of rotatable bonds is 5. The first-order chi connectivity index (χ1) is 12.8. The summed E-state index contributed by atoms with van der Waals surface area (Å²) in [5, 5.41) is 0. The molecular weight excluding hydrogens is 342 g/mol. The summed E-state index contributed by atoms with van der Waals surface area (Å²) in [5.74, 6) is 0.584. The van der Waals surface area contributed by atoms with E-state index in [4.69, 9.17) is 0 Å². The molecule has 1 atom stereocenters. The minimum Gasteiger partial charge on any atom is -0.332 e. The Morgan fingerprint density at radius 3 is 2.96 bits per heavy atom. The number of aromatic nitrogens is 2. The fourth-order valence-electron chi connectivity index (χ4n) is 3.41. The zero-order chi connectivity index (χ0) is 17.8. The minimum atomic E-state index is 0.0699. The van der Waals surface area contributed by atoms with Crippen molar-refractivity contribution in [3.05, 3.63) is 71.5 Å². The number of hydrogen-bond donors (Lipinski definition) is 0. The third-order valence-corrected chi connectivity index (χ3v) is 5.59. The highest BCUT2D eigenvalue weighted by Crippen LogP contribution is 2.23. The zero-order valence-corrected chi connectivity index (χ0v) is 15.4. The van der Waals surface area contributed by atoms with Gasteiger partial charge >= 0.3 is 0 Å². The molecule has 1 aliphatic carbocycles. The number of benzene rings is 1. The molecule has 0 unspecified atom stereocenters. The summed E-state index contributed by atoms with van der Waals surface area (Å²) >= 11 is 1.57. The highest BCUT2D eigenvalue weighted by Gasteiger charge is 2.22. The first-order valence-corrected chi connectivity index (χ1v) is 9.85. The maximum atomic E-state index is 13.3. The molecule has 1 amide bonds. The molecule has 0 spiro atoms. The van der Waals surface area contributed by atoms with Crippen molar-refractivity contribution in [1.29, 1.82) is 0 Å². The Kier molecular flexibility index (Phi) is 5.07. The molecule has 2 heterocycles. The number of carbonyl (C=O) groups excluding carboxylic acids is 1. The van der Waals surface area contributed by atoms with E-state index in [1.165, 1.54) is 0 Å². The number of allylic oxidation sites excluding steroid dienone is 2. The lowest BCUT2D eigenvalue weighted by Gasteiger charge is -2.28. The van der Waals surface area contributed by atoms with Crippen molar-refractivity contribution in [3.63, 3.8) is 0 Å². The average Bonchev–Trinajstić information content (AvgIpc) is 3.16. The molecule has 0 bridgehead atoms. The van der Waals surface area contributed by atoms with E-state index in [-0.39, 0.29) is 5.91 Å². The van der Waals surface area contributed by atoms with Crippen LogP contribution in [0.4, 0.5) is 0 Å². The van der Waals surface area contributed by atoms with Crippen LogP contribution in [0.25, 0.3) is 10.2 Å². The Bertz CT molecular complexity index is 919.